The van der Waals surface area contributed by atoms with Crippen molar-refractivity contribution in [1.29, 1.82) is 0 Å². The highest BCUT2D eigenvalue weighted by atomic mass is 35.5. The summed E-state index contributed by atoms with van der Waals surface area (Å²) >= 11 is 5.80. The van der Waals surface area contributed by atoms with Gasteiger partial charge >= 0.3 is 11.4 Å². The highest BCUT2D eigenvalue weighted by Gasteiger charge is 2.07. The fourth-order valence-corrected chi connectivity index (χ4v) is 1.47. The molecule has 1 aliphatic carbocycles. The zero-order chi connectivity index (χ0) is 9.42. The lowest BCUT2D eigenvalue weighted by molar-refractivity contribution is 0.439. The molecule has 0 bridgehead atoms. The molecule has 4 nitrogen and oxygen atoms in total. The van der Waals surface area contributed by atoms with E-state index in [9.17, 15) is 9.59 Å². The van der Waals surface area contributed by atoms with E-state index in [1.54, 1.807) is 12.2 Å². The van der Waals surface area contributed by atoms with Crippen molar-refractivity contribution in [2.45, 2.75) is 11.8 Å². The molecule has 1 heterocycles. The Morgan fingerprint density at radius 1 is 1.54 bits per heavy atom. The molecule has 13 heavy (non-hydrogen) atoms. The van der Waals surface area contributed by atoms with Crippen LogP contribution in [-0.4, -0.2) is 10.4 Å². The van der Waals surface area contributed by atoms with Gasteiger partial charge in [-0.1, -0.05) is 6.08 Å². The van der Waals surface area contributed by atoms with Crippen molar-refractivity contribution in [1.82, 2.24) is 4.98 Å². The van der Waals surface area contributed by atoms with Gasteiger partial charge in [0.25, 0.3) is 0 Å². The standard InChI is InChI=1S/C8H6ClNO3/c9-4-1-2-6-5(3-4)7(11)13-8(12)10-6/h2-4H,1H2,(H,10,12). The van der Waals surface area contributed by atoms with Crippen molar-refractivity contribution in [3.63, 3.8) is 0 Å². The van der Waals surface area contributed by atoms with Gasteiger partial charge in [-0.25, -0.2) is 9.59 Å². The molecule has 0 saturated heterocycles. The van der Waals surface area contributed by atoms with E-state index in [1.165, 1.54) is 0 Å². The molecule has 1 aliphatic rings. The van der Waals surface area contributed by atoms with E-state index in [0.29, 0.717) is 17.0 Å². The average molecular weight is 200 g/mol. The molecule has 5 heteroatoms. The summed E-state index contributed by atoms with van der Waals surface area (Å²) in [5.41, 5.74) is -0.639. The molecule has 1 aromatic heterocycles. The molecule has 1 atom stereocenters. The van der Waals surface area contributed by atoms with E-state index in [-0.39, 0.29) is 5.38 Å². The van der Waals surface area contributed by atoms with Crippen LogP contribution in [0.25, 0.3) is 12.2 Å². The van der Waals surface area contributed by atoms with Gasteiger partial charge in [0, 0.05) is 0 Å². The molecule has 1 N–H and O–H groups in total. The van der Waals surface area contributed by atoms with E-state index in [2.05, 4.69) is 9.40 Å². The molecule has 1 aromatic rings. The lowest BCUT2D eigenvalue weighted by Crippen LogP contribution is -2.47. The maximum atomic E-state index is 11.1. The fraction of sp³-hybridized carbons (Fsp3) is 0.250. The van der Waals surface area contributed by atoms with Crippen molar-refractivity contribution < 1.29 is 4.42 Å². The van der Waals surface area contributed by atoms with Crippen LogP contribution in [0, 0.1) is 0 Å². The minimum atomic E-state index is -0.735. The number of aromatic amines is 1. The van der Waals surface area contributed by atoms with E-state index < -0.39 is 11.4 Å². The number of hydrogen-bond acceptors (Lipinski definition) is 3. The van der Waals surface area contributed by atoms with Crippen molar-refractivity contribution in [2.75, 3.05) is 0 Å². The SMILES string of the molecule is O=c1[nH]c2c(c(=O)o1)=CC(Cl)CC=2. The third kappa shape index (κ3) is 1.45. The van der Waals surface area contributed by atoms with Gasteiger partial charge in [0.2, 0.25) is 0 Å². The van der Waals surface area contributed by atoms with Crippen LogP contribution in [0.2, 0.25) is 0 Å². The van der Waals surface area contributed by atoms with Crippen molar-refractivity contribution in [3.8, 4) is 0 Å². The van der Waals surface area contributed by atoms with Gasteiger partial charge in [0.15, 0.2) is 0 Å². The minimum absolute atomic E-state index is 0.207. The van der Waals surface area contributed by atoms with Gasteiger partial charge in [-0.15, -0.1) is 11.6 Å². The lowest BCUT2D eigenvalue weighted by atomic mass is 10.1. The third-order valence-electron chi connectivity index (χ3n) is 1.83. The summed E-state index contributed by atoms with van der Waals surface area (Å²) in [7, 11) is 0. The number of fused-ring (bicyclic) bond motifs is 1. The zero-order valence-corrected chi connectivity index (χ0v) is 7.30. The number of hydrogen-bond donors (Lipinski definition) is 1. The molecular formula is C8H6ClNO3. The Morgan fingerprint density at radius 2 is 2.31 bits per heavy atom. The zero-order valence-electron chi connectivity index (χ0n) is 6.54. The van der Waals surface area contributed by atoms with E-state index in [0.717, 1.165) is 0 Å². The first-order chi connectivity index (χ1) is 6.16. The van der Waals surface area contributed by atoms with Crippen LogP contribution in [0.3, 0.4) is 0 Å². The third-order valence-corrected chi connectivity index (χ3v) is 2.13. The Balaban J connectivity index is 2.97. The summed E-state index contributed by atoms with van der Waals surface area (Å²) in [6.07, 6.45) is 3.90. The molecule has 0 saturated carbocycles. The summed E-state index contributed by atoms with van der Waals surface area (Å²) in [4.78, 5) is 24.3. The molecule has 0 aromatic carbocycles. The van der Waals surface area contributed by atoms with Crippen molar-refractivity contribution in [3.05, 3.63) is 31.5 Å². The first-order valence-electron chi connectivity index (χ1n) is 3.76. The van der Waals surface area contributed by atoms with Crippen molar-refractivity contribution >= 4 is 23.8 Å². The summed E-state index contributed by atoms with van der Waals surface area (Å²) in [6.45, 7) is 0. The summed E-state index contributed by atoms with van der Waals surface area (Å²) < 4.78 is 4.35. The highest BCUT2D eigenvalue weighted by molar-refractivity contribution is 6.24. The summed E-state index contributed by atoms with van der Waals surface area (Å²) in [5.74, 6) is -0.735. The molecule has 0 aliphatic heterocycles. The fourth-order valence-electron chi connectivity index (χ4n) is 1.25. The molecule has 2 rings (SSSR count). The number of nitrogens with one attached hydrogen (secondary N) is 1. The maximum absolute atomic E-state index is 11.1. The smallest absolute Gasteiger partial charge is 0.372 e. The van der Waals surface area contributed by atoms with Crippen molar-refractivity contribution in [2.24, 2.45) is 0 Å². The molecule has 68 valence electrons. The van der Waals surface area contributed by atoms with Crippen LogP contribution >= 0.6 is 11.6 Å². The molecule has 0 radical (unpaired) electrons. The molecule has 0 fully saturated rings. The lowest BCUT2D eigenvalue weighted by Gasteiger charge is -2.02. The Morgan fingerprint density at radius 3 is 3.08 bits per heavy atom. The van der Waals surface area contributed by atoms with Gasteiger partial charge in [-0.2, -0.15) is 0 Å². The Hall–Kier alpha value is -1.29. The monoisotopic (exact) mass is 199 g/mol. The number of H-pyrrole nitrogens is 1. The van der Waals surface area contributed by atoms with Gasteiger partial charge in [0.05, 0.1) is 15.9 Å². The van der Waals surface area contributed by atoms with Crippen LogP contribution in [0.15, 0.2) is 14.0 Å². The quantitative estimate of drug-likeness (QED) is 0.540. The van der Waals surface area contributed by atoms with E-state index >= 15 is 0 Å². The second-order valence-electron chi connectivity index (χ2n) is 2.75. The van der Waals surface area contributed by atoms with Crippen LogP contribution in [-0.2, 0) is 0 Å². The second-order valence-corrected chi connectivity index (χ2v) is 3.31. The predicted molar refractivity (Wildman–Crippen MR) is 48.0 cm³/mol. The second kappa shape index (κ2) is 2.88. The first-order valence-corrected chi connectivity index (χ1v) is 4.20. The van der Waals surface area contributed by atoms with Gasteiger partial charge < -0.3 is 4.42 Å². The number of alkyl halides is 1. The van der Waals surface area contributed by atoms with Gasteiger partial charge in [0.1, 0.15) is 0 Å². The minimum Gasteiger partial charge on any atom is -0.372 e. The Bertz CT molecular complexity index is 554. The van der Waals surface area contributed by atoms with Crippen LogP contribution in [0.1, 0.15) is 6.42 Å². The van der Waals surface area contributed by atoms with E-state index in [1.807, 2.05) is 0 Å². The number of rotatable bonds is 0. The molecular weight excluding hydrogens is 194 g/mol. The summed E-state index contributed by atoms with van der Waals surface area (Å²) in [6, 6.07) is 0. The Kier molecular flexibility index (Phi) is 1.84. The summed E-state index contributed by atoms with van der Waals surface area (Å²) in [5, 5.41) is 0.630. The molecule has 0 amide bonds. The van der Waals surface area contributed by atoms with Gasteiger partial charge in [-0.05, 0) is 12.5 Å². The van der Waals surface area contributed by atoms with Gasteiger partial charge in [-0.3, -0.25) is 4.98 Å². The predicted octanol–water partition coefficient (Wildman–Crippen LogP) is -1.10. The largest absolute Gasteiger partial charge is 0.419 e. The molecule has 0 spiro atoms. The van der Waals surface area contributed by atoms with E-state index in [4.69, 9.17) is 11.6 Å². The normalized spacial score (nSPS) is 19.9. The highest BCUT2D eigenvalue weighted by Crippen LogP contribution is 2.04. The van der Waals surface area contributed by atoms with Crippen LogP contribution < -0.4 is 21.9 Å². The van der Waals surface area contributed by atoms with Crippen LogP contribution in [0.5, 0.6) is 0 Å². The Labute approximate surface area is 77.2 Å². The topological polar surface area (TPSA) is 63.1 Å². The van der Waals surface area contributed by atoms with Crippen LogP contribution in [0.4, 0.5) is 0 Å². The average Bonchev–Trinajstić information content (AvgIpc) is 2.06. The number of aromatic nitrogens is 1. The molecule has 1 unspecified atom stereocenters. The first kappa shape index (κ1) is 8.31. The maximum Gasteiger partial charge on any atom is 0.419 e. The number of halogens is 1.